The summed E-state index contributed by atoms with van der Waals surface area (Å²) in [7, 11) is 0. The maximum absolute atomic E-state index is 13.0. The monoisotopic (exact) mass is 482 g/mol. The van der Waals surface area contributed by atoms with Gasteiger partial charge in [-0.15, -0.1) is 0 Å². The largest absolute Gasteiger partial charge is 0.481 e. The Bertz CT molecular complexity index is 1210. The van der Waals surface area contributed by atoms with Crippen LogP contribution in [-0.2, 0) is 22.4 Å². The standard InChI is InChI=1S/C24H26N4O7/c1-12-8-17(21(31)28-18(22(32)33)11-20(29)30)16-5-3-2-4-13-10-14(27-24(25)26)6-7-15(13)23(34)35-19(16)9-12/h6-10,18H,2-5,11H2,1H3,(H,28,31)(H,29,30)(H,32,33)(H4,25,26,27). The number of aryl methyl sites for hydroxylation is 2. The molecule has 3 rings (SSSR count). The van der Waals surface area contributed by atoms with E-state index in [1.165, 1.54) is 0 Å². The summed E-state index contributed by atoms with van der Waals surface area (Å²) >= 11 is 0. The van der Waals surface area contributed by atoms with Crippen LogP contribution in [0.25, 0.3) is 0 Å². The number of fused-ring (bicyclic) bond motifs is 2. The second kappa shape index (κ2) is 10.7. The zero-order valence-electron chi connectivity index (χ0n) is 19.0. The predicted molar refractivity (Wildman–Crippen MR) is 126 cm³/mol. The molecular weight excluding hydrogens is 456 g/mol. The van der Waals surface area contributed by atoms with Crippen LogP contribution < -0.4 is 21.1 Å². The number of guanidine groups is 1. The first-order valence-corrected chi connectivity index (χ1v) is 10.9. The third kappa shape index (κ3) is 6.34. The van der Waals surface area contributed by atoms with E-state index in [2.05, 4.69) is 10.6 Å². The summed E-state index contributed by atoms with van der Waals surface area (Å²) in [5.74, 6) is -4.25. The number of carbonyl (C=O) groups excluding carboxylic acids is 2. The molecule has 1 heterocycles. The molecule has 1 atom stereocenters. The fourth-order valence-electron chi connectivity index (χ4n) is 3.95. The summed E-state index contributed by atoms with van der Waals surface area (Å²) in [4.78, 5) is 48.4. The number of nitrogens with one attached hydrogen (secondary N) is 3. The average Bonchev–Trinajstić information content (AvgIpc) is 2.76. The highest BCUT2D eigenvalue weighted by Crippen LogP contribution is 2.30. The molecule has 1 aliphatic heterocycles. The highest BCUT2D eigenvalue weighted by molar-refractivity contribution is 6.00. The zero-order chi connectivity index (χ0) is 25.7. The maximum atomic E-state index is 13.0. The Balaban J connectivity index is 1.96. The fourth-order valence-corrected chi connectivity index (χ4v) is 3.95. The Labute approximate surface area is 200 Å². The number of benzene rings is 2. The smallest absolute Gasteiger partial charge is 0.343 e. The van der Waals surface area contributed by atoms with Crippen molar-refractivity contribution >= 4 is 35.5 Å². The summed E-state index contributed by atoms with van der Waals surface area (Å²) < 4.78 is 5.69. The molecule has 0 spiro atoms. The Hall–Kier alpha value is -4.41. The van der Waals surface area contributed by atoms with Crippen LogP contribution in [0.3, 0.4) is 0 Å². The molecule has 1 unspecified atom stereocenters. The first kappa shape index (κ1) is 25.2. The van der Waals surface area contributed by atoms with E-state index >= 15 is 0 Å². The van der Waals surface area contributed by atoms with Gasteiger partial charge in [-0.3, -0.25) is 15.0 Å². The molecule has 0 bridgehead atoms. The van der Waals surface area contributed by atoms with Crippen molar-refractivity contribution in [2.24, 2.45) is 5.73 Å². The van der Waals surface area contributed by atoms with E-state index in [1.54, 1.807) is 37.3 Å². The number of rotatable bonds is 6. The van der Waals surface area contributed by atoms with Gasteiger partial charge in [0.2, 0.25) is 0 Å². The third-order valence-corrected chi connectivity index (χ3v) is 5.51. The number of ether oxygens (including phenoxy) is 1. The minimum atomic E-state index is -1.61. The van der Waals surface area contributed by atoms with Crippen molar-refractivity contribution in [3.8, 4) is 5.75 Å². The van der Waals surface area contributed by atoms with Gasteiger partial charge in [-0.2, -0.15) is 0 Å². The Kier molecular flexibility index (Phi) is 7.69. The van der Waals surface area contributed by atoms with Crippen LogP contribution in [-0.4, -0.2) is 46.0 Å². The number of aliphatic carboxylic acids is 2. The van der Waals surface area contributed by atoms with E-state index in [4.69, 9.17) is 21.0 Å². The molecule has 0 aliphatic carbocycles. The van der Waals surface area contributed by atoms with Gasteiger partial charge < -0.3 is 31.3 Å². The van der Waals surface area contributed by atoms with Gasteiger partial charge in [0.05, 0.1) is 12.0 Å². The molecule has 0 saturated heterocycles. The van der Waals surface area contributed by atoms with Gasteiger partial charge in [-0.1, -0.05) is 0 Å². The molecule has 11 nitrogen and oxygen atoms in total. The molecule has 2 aromatic rings. The number of carboxylic acid groups (broad SMARTS) is 2. The Morgan fingerprint density at radius 3 is 2.51 bits per heavy atom. The van der Waals surface area contributed by atoms with Crippen molar-refractivity contribution in [3.63, 3.8) is 0 Å². The van der Waals surface area contributed by atoms with Gasteiger partial charge in [0.15, 0.2) is 5.96 Å². The van der Waals surface area contributed by atoms with Crippen molar-refractivity contribution in [2.45, 2.75) is 45.1 Å². The van der Waals surface area contributed by atoms with Gasteiger partial charge >= 0.3 is 17.9 Å². The lowest BCUT2D eigenvalue weighted by atomic mass is 9.94. The topological polar surface area (TPSA) is 192 Å². The van der Waals surface area contributed by atoms with Crippen molar-refractivity contribution < 1.29 is 34.1 Å². The summed E-state index contributed by atoms with van der Waals surface area (Å²) in [6, 6.07) is 6.51. The first-order chi connectivity index (χ1) is 16.5. The number of carboxylic acids is 2. The summed E-state index contributed by atoms with van der Waals surface area (Å²) in [6.45, 7) is 1.70. The third-order valence-electron chi connectivity index (χ3n) is 5.51. The second-order valence-electron chi connectivity index (χ2n) is 8.26. The minimum absolute atomic E-state index is 0.131. The molecular formula is C24H26N4O7. The molecule has 184 valence electrons. The normalized spacial score (nSPS) is 13.9. The average molecular weight is 482 g/mol. The lowest BCUT2D eigenvalue weighted by molar-refractivity contribution is -0.145. The lowest BCUT2D eigenvalue weighted by Gasteiger charge is -2.20. The Morgan fingerprint density at radius 1 is 1.14 bits per heavy atom. The van der Waals surface area contributed by atoms with Gasteiger partial charge in [0, 0.05) is 16.8 Å². The van der Waals surface area contributed by atoms with Crippen LogP contribution in [0, 0.1) is 12.3 Å². The molecule has 0 fully saturated rings. The number of hydrogen-bond donors (Lipinski definition) is 6. The van der Waals surface area contributed by atoms with Crippen LogP contribution >= 0.6 is 0 Å². The quantitative estimate of drug-likeness (QED) is 0.155. The molecule has 0 saturated carbocycles. The lowest BCUT2D eigenvalue weighted by Crippen LogP contribution is -2.42. The van der Waals surface area contributed by atoms with Crippen LogP contribution in [0.1, 0.15) is 56.7 Å². The van der Waals surface area contributed by atoms with E-state index in [9.17, 15) is 24.3 Å². The van der Waals surface area contributed by atoms with Crippen LogP contribution in [0.5, 0.6) is 5.75 Å². The van der Waals surface area contributed by atoms with Gasteiger partial charge in [0.1, 0.15) is 11.8 Å². The molecule has 1 amide bonds. The van der Waals surface area contributed by atoms with Crippen LogP contribution in [0.2, 0.25) is 0 Å². The first-order valence-electron chi connectivity index (χ1n) is 10.9. The second-order valence-corrected chi connectivity index (χ2v) is 8.26. The molecule has 1 aliphatic rings. The van der Waals surface area contributed by atoms with E-state index in [0.717, 1.165) is 5.56 Å². The van der Waals surface area contributed by atoms with Gasteiger partial charge in [-0.05, 0) is 74.1 Å². The predicted octanol–water partition coefficient (Wildman–Crippen LogP) is 2.06. The molecule has 11 heteroatoms. The molecule has 7 N–H and O–H groups in total. The van der Waals surface area contributed by atoms with Gasteiger partial charge in [-0.25, -0.2) is 9.59 Å². The number of carbonyl (C=O) groups is 4. The summed E-state index contributed by atoms with van der Waals surface area (Å²) in [6.07, 6.45) is 1.45. The van der Waals surface area contributed by atoms with E-state index in [-0.39, 0.29) is 17.3 Å². The van der Waals surface area contributed by atoms with E-state index in [0.29, 0.717) is 48.1 Å². The number of nitrogens with two attached hydrogens (primary N) is 1. The van der Waals surface area contributed by atoms with Crippen molar-refractivity contribution in [1.82, 2.24) is 5.32 Å². The number of anilines is 1. The molecule has 0 radical (unpaired) electrons. The van der Waals surface area contributed by atoms with E-state index < -0.39 is 36.3 Å². The minimum Gasteiger partial charge on any atom is -0.481 e. The van der Waals surface area contributed by atoms with Crippen molar-refractivity contribution in [2.75, 3.05) is 5.32 Å². The summed E-state index contributed by atoms with van der Waals surface area (Å²) in [5, 5.41) is 30.6. The van der Waals surface area contributed by atoms with Crippen molar-refractivity contribution in [1.29, 1.82) is 5.41 Å². The number of esters is 1. The maximum Gasteiger partial charge on any atom is 0.343 e. The zero-order valence-corrected chi connectivity index (χ0v) is 19.0. The molecule has 35 heavy (non-hydrogen) atoms. The molecule has 2 aromatic carbocycles. The highest BCUT2D eigenvalue weighted by atomic mass is 16.5. The van der Waals surface area contributed by atoms with Crippen LogP contribution in [0.4, 0.5) is 5.69 Å². The van der Waals surface area contributed by atoms with Crippen LogP contribution in [0.15, 0.2) is 30.3 Å². The molecule has 0 aromatic heterocycles. The fraction of sp³-hybridized carbons (Fsp3) is 0.292. The van der Waals surface area contributed by atoms with Gasteiger partial charge in [0.25, 0.3) is 5.91 Å². The van der Waals surface area contributed by atoms with Crippen molar-refractivity contribution in [3.05, 3.63) is 58.1 Å². The number of hydrogen-bond acceptors (Lipinski definition) is 6. The Morgan fingerprint density at radius 2 is 1.86 bits per heavy atom. The summed E-state index contributed by atoms with van der Waals surface area (Å²) in [5.41, 5.74) is 8.21. The SMILES string of the molecule is Cc1cc2c(c(C(=O)NC(CC(=O)O)C(=O)O)c1)CCCCc1cc(NC(=N)N)ccc1C(=O)O2. The number of amides is 1. The van der Waals surface area contributed by atoms with E-state index in [1.807, 2.05) is 0 Å². The highest BCUT2D eigenvalue weighted by Gasteiger charge is 2.27.